The lowest BCUT2D eigenvalue weighted by Crippen LogP contribution is -2.46. The number of sulfonamides is 1. The molecular weight excluding hydrogens is 476 g/mol. The van der Waals surface area contributed by atoms with E-state index in [1.54, 1.807) is 31.2 Å². The van der Waals surface area contributed by atoms with Gasteiger partial charge < -0.3 is 0 Å². The second-order valence-corrected chi connectivity index (χ2v) is 11.1. The summed E-state index contributed by atoms with van der Waals surface area (Å²) in [6, 6.07) is 15.3. The van der Waals surface area contributed by atoms with Crippen LogP contribution < -0.4 is 9.62 Å². The number of hydrogen-bond acceptors (Lipinski definition) is 7. The van der Waals surface area contributed by atoms with E-state index in [0.717, 1.165) is 21.9 Å². The minimum atomic E-state index is -3.72. The second-order valence-electron chi connectivity index (χ2n) is 6.60. The molecule has 7 nitrogen and oxygen atoms in total. The minimum Gasteiger partial charge on any atom is -0.299 e. The third-order valence-electron chi connectivity index (χ3n) is 4.25. The molecule has 0 fully saturated rings. The number of nitrogens with one attached hydrogen (secondary N) is 1. The van der Waals surface area contributed by atoms with Gasteiger partial charge in [0.15, 0.2) is 4.34 Å². The molecule has 1 heterocycles. The standard InChI is InChI=1S/C20H21ClN4O3S3/c1-3-17(25(31(2,27)28)16-11-9-15(21)10-12-16)18(26)22-19-23-24-20(30-19)29-13-14-7-5-4-6-8-14/h4-12,17H,3,13H2,1-2H3,(H,22,23,26)/t17-/m0/s1. The monoisotopic (exact) mass is 496 g/mol. The number of carbonyl (C=O) groups is 1. The van der Waals surface area contributed by atoms with Crippen LogP contribution in [0.2, 0.25) is 5.02 Å². The highest BCUT2D eigenvalue weighted by Crippen LogP contribution is 2.29. The Bertz CT molecular complexity index is 1120. The van der Waals surface area contributed by atoms with Crippen LogP contribution in [0.3, 0.4) is 0 Å². The molecule has 0 aliphatic carbocycles. The minimum absolute atomic E-state index is 0.274. The highest BCUT2D eigenvalue weighted by molar-refractivity contribution is 8.00. The van der Waals surface area contributed by atoms with E-state index in [9.17, 15) is 13.2 Å². The second kappa shape index (κ2) is 10.4. The van der Waals surface area contributed by atoms with E-state index >= 15 is 0 Å². The van der Waals surface area contributed by atoms with Crippen molar-refractivity contribution in [3.8, 4) is 0 Å². The van der Waals surface area contributed by atoms with Crippen molar-refractivity contribution in [2.75, 3.05) is 15.9 Å². The summed E-state index contributed by atoms with van der Waals surface area (Å²) in [4.78, 5) is 12.9. The van der Waals surface area contributed by atoms with Gasteiger partial charge in [-0.05, 0) is 36.2 Å². The molecule has 3 aromatic rings. The van der Waals surface area contributed by atoms with E-state index in [2.05, 4.69) is 15.5 Å². The first-order valence-electron chi connectivity index (χ1n) is 9.34. The molecule has 31 heavy (non-hydrogen) atoms. The van der Waals surface area contributed by atoms with Gasteiger partial charge in [-0.3, -0.25) is 14.4 Å². The van der Waals surface area contributed by atoms with Crippen LogP contribution in [0, 0.1) is 0 Å². The number of amides is 1. The molecule has 11 heteroatoms. The third-order valence-corrected chi connectivity index (χ3v) is 7.73. The van der Waals surface area contributed by atoms with Crippen molar-refractivity contribution in [1.82, 2.24) is 10.2 Å². The summed E-state index contributed by atoms with van der Waals surface area (Å²) in [6.07, 6.45) is 1.34. The zero-order valence-electron chi connectivity index (χ0n) is 16.9. The van der Waals surface area contributed by atoms with Gasteiger partial charge in [0, 0.05) is 10.8 Å². The van der Waals surface area contributed by atoms with Gasteiger partial charge in [-0.15, -0.1) is 10.2 Å². The summed E-state index contributed by atoms with van der Waals surface area (Å²) in [5.74, 6) is 0.262. The van der Waals surface area contributed by atoms with Crippen LogP contribution in [-0.2, 0) is 20.6 Å². The van der Waals surface area contributed by atoms with Crippen molar-refractivity contribution in [3.63, 3.8) is 0 Å². The number of rotatable bonds is 9. The average Bonchev–Trinajstić information content (AvgIpc) is 3.18. The molecule has 0 aliphatic rings. The van der Waals surface area contributed by atoms with Crippen molar-refractivity contribution >= 4 is 61.4 Å². The quantitative estimate of drug-likeness (QED) is 0.342. The first-order chi connectivity index (χ1) is 14.8. The number of halogens is 1. The van der Waals surface area contributed by atoms with Crippen LogP contribution in [0.5, 0.6) is 0 Å². The number of hydrogen-bond donors (Lipinski definition) is 1. The summed E-state index contributed by atoms with van der Waals surface area (Å²) >= 11 is 8.69. The van der Waals surface area contributed by atoms with Gasteiger partial charge in [-0.25, -0.2) is 8.42 Å². The van der Waals surface area contributed by atoms with Gasteiger partial charge in [-0.1, -0.05) is 72.0 Å². The summed E-state index contributed by atoms with van der Waals surface area (Å²) in [7, 11) is -3.72. The Morgan fingerprint density at radius 2 is 1.84 bits per heavy atom. The zero-order chi connectivity index (χ0) is 22.4. The molecule has 0 aliphatic heterocycles. The molecule has 2 aromatic carbocycles. The Labute approximate surface area is 194 Å². The number of thioether (sulfide) groups is 1. The summed E-state index contributed by atoms with van der Waals surface area (Å²) < 4.78 is 26.8. The van der Waals surface area contributed by atoms with Gasteiger partial charge in [0.1, 0.15) is 6.04 Å². The summed E-state index contributed by atoms with van der Waals surface area (Å²) in [5, 5.41) is 11.6. The van der Waals surface area contributed by atoms with Crippen molar-refractivity contribution < 1.29 is 13.2 Å². The molecule has 1 amide bonds. The molecule has 1 aromatic heterocycles. The number of nitrogens with zero attached hydrogens (tertiary/aromatic N) is 3. The molecule has 0 saturated heterocycles. The molecule has 0 bridgehead atoms. The topological polar surface area (TPSA) is 92.3 Å². The van der Waals surface area contributed by atoms with Crippen LogP contribution in [0.4, 0.5) is 10.8 Å². The molecule has 0 unspecified atom stereocenters. The maximum Gasteiger partial charge on any atom is 0.250 e. The number of carbonyl (C=O) groups excluding carboxylic acids is 1. The van der Waals surface area contributed by atoms with Crippen molar-refractivity contribution in [3.05, 3.63) is 65.2 Å². The van der Waals surface area contributed by atoms with Gasteiger partial charge in [0.05, 0.1) is 11.9 Å². The highest BCUT2D eigenvalue weighted by atomic mass is 35.5. The van der Waals surface area contributed by atoms with Crippen LogP contribution >= 0.6 is 34.7 Å². The van der Waals surface area contributed by atoms with E-state index in [4.69, 9.17) is 11.6 Å². The van der Waals surface area contributed by atoms with E-state index < -0.39 is 22.0 Å². The molecule has 3 rings (SSSR count). The van der Waals surface area contributed by atoms with Crippen LogP contribution in [0.25, 0.3) is 0 Å². The maximum atomic E-state index is 12.9. The highest BCUT2D eigenvalue weighted by Gasteiger charge is 2.32. The Balaban J connectivity index is 1.72. The van der Waals surface area contributed by atoms with Gasteiger partial charge in [0.2, 0.25) is 21.1 Å². The lowest BCUT2D eigenvalue weighted by atomic mass is 10.2. The molecule has 0 saturated carbocycles. The maximum absolute atomic E-state index is 12.9. The van der Waals surface area contributed by atoms with E-state index in [0.29, 0.717) is 20.2 Å². The van der Waals surface area contributed by atoms with Crippen LogP contribution in [0.1, 0.15) is 18.9 Å². The van der Waals surface area contributed by atoms with Crippen molar-refractivity contribution in [1.29, 1.82) is 0 Å². The summed E-state index contributed by atoms with van der Waals surface area (Å²) in [5.41, 5.74) is 1.52. The first kappa shape index (κ1) is 23.5. The molecule has 1 N–H and O–H groups in total. The average molecular weight is 497 g/mol. The number of benzene rings is 2. The Hall–Kier alpha value is -2.14. The van der Waals surface area contributed by atoms with Gasteiger partial charge in [0.25, 0.3) is 0 Å². The number of aromatic nitrogens is 2. The Morgan fingerprint density at radius 1 is 1.16 bits per heavy atom. The van der Waals surface area contributed by atoms with Gasteiger partial charge >= 0.3 is 0 Å². The van der Waals surface area contributed by atoms with E-state index in [1.807, 2.05) is 30.3 Å². The normalized spacial score (nSPS) is 12.4. The fourth-order valence-electron chi connectivity index (χ4n) is 2.87. The smallest absolute Gasteiger partial charge is 0.250 e. The first-order valence-corrected chi connectivity index (χ1v) is 13.4. The number of anilines is 2. The predicted octanol–water partition coefficient (Wildman–Crippen LogP) is 4.67. The summed E-state index contributed by atoms with van der Waals surface area (Å²) in [6.45, 7) is 1.75. The fourth-order valence-corrected chi connectivity index (χ4v) is 5.92. The van der Waals surface area contributed by atoms with E-state index in [-0.39, 0.29) is 6.42 Å². The molecule has 164 valence electrons. The molecule has 0 spiro atoms. The fraction of sp³-hybridized carbons (Fsp3) is 0.250. The largest absolute Gasteiger partial charge is 0.299 e. The van der Waals surface area contributed by atoms with Crippen molar-refractivity contribution in [2.45, 2.75) is 29.5 Å². The molecule has 1 atom stereocenters. The zero-order valence-corrected chi connectivity index (χ0v) is 20.1. The lowest BCUT2D eigenvalue weighted by Gasteiger charge is -2.29. The van der Waals surface area contributed by atoms with Gasteiger partial charge in [-0.2, -0.15) is 0 Å². The molecular formula is C20H21ClN4O3S3. The van der Waals surface area contributed by atoms with E-state index in [1.165, 1.54) is 23.1 Å². The Morgan fingerprint density at radius 3 is 2.45 bits per heavy atom. The molecule has 0 radical (unpaired) electrons. The SMILES string of the molecule is CC[C@@H](C(=O)Nc1nnc(SCc2ccccc2)s1)N(c1ccc(Cl)cc1)S(C)(=O)=O. The van der Waals surface area contributed by atoms with Crippen molar-refractivity contribution in [2.24, 2.45) is 0 Å². The van der Waals surface area contributed by atoms with Crippen LogP contribution in [-0.4, -0.2) is 36.8 Å². The Kier molecular flexibility index (Phi) is 7.93. The van der Waals surface area contributed by atoms with Crippen LogP contribution in [0.15, 0.2) is 58.9 Å². The predicted molar refractivity (Wildman–Crippen MR) is 127 cm³/mol. The lowest BCUT2D eigenvalue weighted by molar-refractivity contribution is -0.117. The third kappa shape index (κ3) is 6.42.